The summed E-state index contributed by atoms with van der Waals surface area (Å²) in [4.78, 5) is 13.1. The van der Waals surface area contributed by atoms with Crippen LogP contribution in [0.15, 0.2) is 10.7 Å². The standard InChI is InChI=1S/C7H9NOS/c1-2-3-4-7(5-10)8-6-9/h2-4H2,1H3. The molecule has 0 N–H and O–H groups in total. The van der Waals surface area contributed by atoms with Crippen LogP contribution in [0.25, 0.3) is 0 Å². The molecular weight excluding hydrogens is 146 g/mol. The van der Waals surface area contributed by atoms with Gasteiger partial charge in [-0.1, -0.05) is 13.3 Å². The van der Waals surface area contributed by atoms with E-state index < -0.39 is 0 Å². The van der Waals surface area contributed by atoms with Crippen LogP contribution in [0.4, 0.5) is 0 Å². The fourth-order valence-electron chi connectivity index (χ4n) is 0.529. The van der Waals surface area contributed by atoms with Crippen molar-refractivity contribution in [2.24, 2.45) is 4.99 Å². The quantitative estimate of drug-likeness (QED) is 0.353. The first kappa shape index (κ1) is 9.25. The molecule has 0 heterocycles. The number of carbonyl (C=O) groups excluding carboxylic acids is 1. The molecule has 3 heteroatoms. The zero-order chi connectivity index (χ0) is 7.82. The molecule has 0 aromatic heterocycles. The van der Waals surface area contributed by atoms with E-state index in [1.54, 1.807) is 0 Å². The van der Waals surface area contributed by atoms with Gasteiger partial charge in [0, 0.05) is 0 Å². The van der Waals surface area contributed by atoms with Crippen molar-refractivity contribution >= 4 is 23.3 Å². The average Bonchev–Trinajstić information content (AvgIpc) is 1.98. The first-order valence-electron chi connectivity index (χ1n) is 3.17. The Kier molecular flexibility index (Phi) is 5.89. The molecule has 2 nitrogen and oxygen atoms in total. The fraction of sp³-hybridized carbons (Fsp3) is 0.571. The minimum absolute atomic E-state index is 0.534. The first-order valence-corrected chi connectivity index (χ1v) is 3.57. The highest BCUT2D eigenvalue weighted by Crippen LogP contribution is 2.03. The van der Waals surface area contributed by atoms with E-state index in [9.17, 15) is 4.79 Å². The number of nitrogens with zero attached hydrogens (tertiary/aromatic N) is 1. The Morgan fingerprint density at radius 2 is 2.40 bits per heavy atom. The van der Waals surface area contributed by atoms with Gasteiger partial charge in [0.05, 0.1) is 0 Å². The lowest BCUT2D eigenvalue weighted by atomic mass is 10.2. The van der Waals surface area contributed by atoms with E-state index >= 15 is 0 Å². The zero-order valence-electron chi connectivity index (χ0n) is 5.89. The number of hydrogen-bond donors (Lipinski definition) is 0. The van der Waals surface area contributed by atoms with E-state index in [4.69, 9.17) is 0 Å². The van der Waals surface area contributed by atoms with Crippen molar-refractivity contribution in [3.8, 4) is 0 Å². The molecule has 0 rings (SSSR count). The summed E-state index contributed by atoms with van der Waals surface area (Å²) < 4.78 is 0. The predicted molar refractivity (Wildman–Crippen MR) is 43.8 cm³/mol. The predicted octanol–water partition coefficient (Wildman–Crippen LogP) is 1.99. The largest absolute Gasteiger partial charge is 0.240 e. The van der Waals surface area contributed by atoms with E-state index in [1.165, 1.54) is 6.08 Å². The number of unbranched alkanes of at least 4 members (excludes halogenated alkanes) is 1. The van der Waals surface area contributed by atoms with Crippen molar-refractivity contribution in [1.82, 2.24) is 0 Å². The SMILES string of the molecule is CCCCC(=C=S)N=C=O. The summed E-state index contributed by atoms with van der Waals surface area (Å²) in [5.74, 6) is 0. The number of aliphatic imine (C=N–C) groups is 1. The molecule has 0 spiro atoms. The van der Waals surface area contributed by atoms with Crippen LogP contribution in [0.1, 0.15) is 26.2 Å². The maximum atomic E-state index is 9.74. The summed E-state index contributed by atoms with van der Waals surface area (Å²) in [6, 6.07) is 0. The van der Waals surface area contributed by atoms with Gasteiger partial charge in [0.15, 0.2) is 0 Å². The summed E-state index contributed by atoms with van der Waals surface area (Å²) in [6.07, 6.45) is 4.22. The number of allylic oxidation sites excluding steroid dienone is 1. The molecule has 0 amide bonds. The highest BCUT2D eigenvalue weighted by Gasteiger charge is 1.90. The highest BCUT2D eigenvalue weighted by atomic mass is 32.1. The number of isocyanates is 1. The van der Waals surface area contributed by atoms with Gasteiger partial charge in [0.1, 0.15) is 5.70 Å². The summed E-state index contributed by atoms with van der Waals surface area (Å²) in [7, 11) is 0. The van der Waals surface area contributed by atoms with Crippen LogP contribution in [0, 0.1) is 0 Å². The van der Waals surface area contributed by atoms with Gasteiger partial charge in [-0.05, 0) is 30.1 Å². The molecule has 0 saturated carbocycles. The smallest absolute Gasteiger partial charge is 0.211 e. The molecule has 0 bridgehead atoms. The van der Waals surface area contributed by atoms with Gasteiger partial charge in [-0.15, -0.1) is 0 Å². The van der Waals surface area contributed by atoms with Gasteiger partial charge in [0.25, 0.3) is 0 Å². The second-order valence-electron chi connectivity index (χ2n) is 1.86. The Morgan fingerprint density at radius 1 is 1.70 bits per heavy atom. The van der Waals surface area contributed by atoms with Crippen LogP contribution in [-0.4, -0.2) is 11.1 Å². The van der Waals surface area contributed by atoms with E-state index in [-0.39, 0.29) is 0 Å². The third kappa shape index (κ3) is 4.16. The van der Waals surface area contributed by atoms with Crippen LogP contribution >= 0.6 is 12.2 Å². The normalized spacial score (nSPS) is 7.70. The van der Waals surface area contributed by atoms with Crippen LogP contribution in [0.2, 0.25) is 0 Å². The Morgan fingerprint density at radius 3 is 2.80 bits per heavy atom. The second kappa shape index (κ2) is 6.37. The molecule has 10 heavy (non-hydrogen) atoms. The molecule has 54 valence electrons. The van der Waals surface area contributed by atoms with Crippen molar-refractivity contribution in [2.75, 3.05) is 0 Å². The van der Waals surface area contributed by atoms with Gasteiger partial charge < -0.3 is 0 Å². The van der Waals surface area contributed by atoms with Crippen molar-refractivity contribution < 1.29 is 4.79 Å². The second-order valence-corrected chi connectivity index (χ2v) is 2.06. The van der Waals surface area contributed by atoms with Crippen molar-refractivity contribution in [2.45, 2.75) is 26.2 Å². The molecule has 0 saturated heterocycles. The molecule has 0 aliphatic heterocycles. The van der Waals surface area contributed by atoms with Crippen LogP contribution in [0.5, 0.6) is 0 Å². The van der Waals surface area contributed by atoms with Gasteiger partial charge in [-0.3, -0.25) is 0 Å². The summed E-state index contributed by atoms with van der Waals surface area (Å²) >= 11 is 4.49. The molecular formula is C7H9NOS. The number of thiocarbonyl (C=S) groups is 1. The van der Waals surface area contributed by atoms with Gasteiger partial charge in [-0.25, -0.2) is 4.79 Å². The van der Waals surface area contributed by atoms with Crippen LogP contribution in [-0.2, 0) is 4.79 Å². The Bertz CT molecular complexity index is 188. The van der Waals surface area contributed by atoms with E-state index in [0.717, 1.165) is 19.3 Å². The van der Waals surface area contributed by atoms with E-state index in [0.29, 0.717) is 5.70 Å². The summed E-state index contributed by atoms with van der Waals surface area (Å²) in [6.45, 7) is 2.06. The monoisotopic (exact) mass is 155 g/mol. The summed E-state index contributed by atoms with van der Waals surface area (Å²) in [5, 5.41) is 2.41. The molecule has 0 fully saturated rings. The first-order chi connectivity index (χ1) is 4.85. The van der Waals surface area contributed by atoms with Gasteiger partial charge in [0.2, 0.25) is 6.08 Å². The lowest BCUT2D eigenvalue weighted by Gasteiger charge is -1.90. The minimum atomic E-state index is 0.534. The third-order valence-corrected chi connectivity index (χ3v) is 1.30. The van der Waals surface area contributed by atoms with E-state index in [2.05, 4.69) is 29.2 Å². The highest BCUT2D eigenvalue weighted by molar-refractivity contribution is 7.78. The molecule has 0 atom stereocenters. The van der Waals surface area contributed by atoms with E-state index in [1.807, 2.05) is 0 Å². The van der Waals surface area contributed by atoms with Crippen molar-refractivity contribution in [3.63, 3.8) is 0 Å². The molecule has 0 aliphatic rings. The Hall–Kier alpha value is -0.750. The van der Waals surface area contributed by atoms with Crippen LogP contribution in [0.3, 0.4) is 0 Å². The maximum absolute atomic E-state index is 9.74. The summed E-state index contributed by atoms with van der Waals surface area (Å²) in [5.41, 5.74) is 0.534. The third-order valence-electron chi connectivity index (χ3n) is 1.07. The lowest BCUT2D eigenvalue weighted by molar-refractivity contribution is 0.564. The fourth-order valence-corrected chi connectivity index (χ4v) is 0.677. The Balaban J connectivity index is 3.86. The zero-order valence-corrected chi connectivity index (χ0v) is 6.70. The maximum Gasteiger partial charge on any atom is 0.240 e. The van der Waals surface area contributed by atoms with Crippen LogP contribution < -0.4 is 0 Å². The number of rotatable bonds is 4. The van der Waals surface area contributed by atoms with Gasteiger partial charge in [-0.2, -0.15) is 4.99 Å². The molecule has 0 unspecified atom stereocenters. The molecule has 0 aliphatic carbocycles. The Labute approximate surface area is 65.7 Å². The topological polar surface area (TPSA) is 29.4 Å². The molecule has 0 radical (unpaired) electrons. The lowest BCUT2D eigenvalue weighted by Crippen LogP contribution is -1.78. The number of hydrogen-bond acceptors (Lipinski definition) is 3. The average molecular weight is 155 g/mol. The molecule has 0 aromatic carbocycles. The van der Waals surface area contributed by atoms with Crippen molar-refractivity contribution in [3.05, 3.63) is 5.70 Å². The minimum Gasteiger partial charge on any atom is -0.211 e. The van der Waals surface area contributed by atoms with Crippen molar-refractivity contribution in [1.29, 1.82) is 0 Å². The molecule has 0 aromatic rings. The van der Waals surface area contributed by atoms with Gasteiger partial charge >= 0.3 is 0 Å².